The van der Waals surface area contributed by atoms with Crippen LogP contribution in [0.3, 0.4) is 0 Å². The van der Waals surface area contributed by atoms with Crippen LogP contribution in [0.5, 0.6) is 17.4 Å². The standard InChI is InChI=1S/C28H21N3O3/c29-28-30-26(32)24-23(19-10-13-20(14-11-19)33-16-17-6-2-1-3-7-17)22-15-12-18-8-4-5-9-21(18)25(22)34-27(24)31-28/h1-15,23H,16H2,(H3,29,30,31,32). The van der Waals surface area contributed by atoms with Crippen LogP contribution in [0.4, 0.5) is 5.95 Å². The summed E-state index contributed by atoms with van der Waals surface area (Å²) in [7, 11) is 0. The van der Waals surface area contributed by atoms with Gasteiger partial charge in [-0.1, -0.05) is 78.9 Å². The van der Waals surface area contributed by atoms with Crippen LogP contribution < -0.4 is 20.8 Å². The zero-order valence-corrected chi connectivity index (χ0v) is 18.2. The molecule has 0 radical (unpaired) electrons. The lowest BCUT2D eigenvalue weighted by atomic mass is 9.83. The first-order chi connectivity index (χ1) is 16.7. The van der Waals surface area contributed by atoms with Crippen molar-refractivity contribution in [2.24, 2.45) is 0 Å². The molecule has 0 saturated carbocycles. The third-order valence-corrected chi connectivity index (χ3v) is 6.11. The van der Waals surface area contributed by atoms with Crippen LogP contribution in [0, 0.1) is 0 Å². The molecular weight excluding hydrogens is 426 g/mol. The maximum Gasteiger partial charge on any atom is 0.260 e. The largest absolute Gasteiger partial charge is 0.489 e. The lowest BCUT2D eigenvalue weighted by Crippen LogP contribution is -2.25. The van der Waals surface area contributed by atoms with Crippen molar-refractivity contribution in [1.82, 2.24) is 9.97 Å². The minimum absolute atomic E-state index is 0.0239. The topological polar surface area (TPSA) is 90.2 Å². The third-order valence-electron chi connectivity index (χ3n) is 6.11. The van der Waals surface area contributed by atoms with Gasteiger partial charge in [0.25, 0.3) is 5.56 Å². The lowest BCUT2D eigenvalue weighted by Gasteiger charge is -2.28. The van der Waals surface area contributed by atoms with Gasteiger partial charge in [0.1, 0.15) is 18.1 Å². The van der Waals surface area contributed by atoms with E-state index >= 15 is 0 Å². The molecule has 34 heavy (non-hydrogen) atoms. The highest BCUT2D eigenvalue weighted by Gasteiger charge is 2.33. The molecule has 1 atom stereocenters. The maximum atomic E-state index is 13.0. The monoisotopic (exact) mass is 447 g/mol. The molecule has 1 unspecified atom stereocenters. The maximum absolute atomic E-state index is 13.0. The number of ether oxygens (including phenoxy) is 2. The van der Waals surface area contributed by atoms with Crippen molar-refractivity contribution in [2.75, 3.05) is 5.73 Å². The molecular formula is C28H21N3O3. The van der Waals surface area contributed by atoms with Crippen molar-refractivity contribution < 1.29 is 9.47 Å². The number of nitrogen functional groups attached to an aromatic ring is 1. The molecule has 0 bridgehead atoms. The first kappa shape index (κ1) is 20.1. The Balaban J connectivity index is 1.43. The van der Waals surface area contributed by atoms with Gasteiger partial charge in [-0.2, -0.15) is 4.98 Å². The van der Waals surface area contributed by atoms with Crippen LogP contribution in [-0.4, -0.2) is 9.97 Å². The molecule has 0 amide bonds. The van der Waals surface area contributed by atoms with Gasteiger partial charge in [0.05, 0.1) is 5.56 Å². The van der Waals surface area contributed by atoms with Crippen molar-refractivity contribution in [1.29, 1.82) is 0 Å². The van der Waals surface area contributed by atoms with E-state index < -0.39 is 0 Å². The number of benzene rings is 4. The summed E-state index contributed by atoms with van der Waals surface area (Å²) in [4.78, 5) is 19.9. The Labute approximate surface area is 195 Å². The fraction of sp³-hybridized carbons (Fsp3) is 0.0714. The number of H-pyrrole nitrogens is 1. The van der Waals surface area contributed by atoms with Gasteiger partial charge in [0.15, 0.2) is 0 Å². The Morgan fingerprint density at radius 3 is 2.50 bits per heavy atom. The number of nitrogens with two attached hydrogens (primary N) is 1. The summed E-state index contributed by atoms with van der Waals surface area (Å²) in [5.41, 5.74) is 8.91. The van der Waals surface area contributed by atoms with Crippen LogP contribution in [0.15, 0.2) is 95.8 Å². The van der Waals surface area contributed by atoms with E-state index in [0.29, 0.717) is 17.9 Å². The highest BCUT2D eigenvalue weighted by molar-refractivity contribution is 5.91. The van der Waals surface area contributed by atoms with Crippen LogP contribution in [0.1, 0.15) is 28.2 Å². The molecule has 3 N–H and O–H groups in total. The van der Waals surface area contributed by atoms with E-state index in [1.165, 1.54) is 0 Å². The van der Waals surface area contributed by atoms with Crippen LogP contribution in [0.25, 0.3) is 10.8 Å². The Kier molecular flexibility index (Phi) is 4.77. The Morgan fingerprint density at radius 2 is 1.68 bits per heavy atom. The third kappa shape index (κ3) is 3.46. The summed E-state index contributed by atoms with van der Waals surface area (Å²) in [6.07, 6.45) is 0. The molecule has 6 nitrogen and oxygen atoms in total. The quantitative estimate of drug-likeness (QED) is 0.379. The number of fused-ring (bicyclic) bond motifs is 4. The van der Waals surface area contributed by atoms with E-state index in [1.54, 1.807) is 0 Å². The van der Waals surface area contributed by atoms with Gasteiger partial charge in [-0.05, 0) is 28.6 Å². The number of rotatable bonds is 4. The molecule has 1 aliphatic rings. The molecule has 0 saturated heterocycles. The SMILES string of the molecule is Nc1nc2c(c(=O)[nH]1)C(c1ccc(OCc3ccccc3)cc1)c1ccc3ccccc3c1O2. The first-order valence-corrected chi connectivity index (χ1v) is 11.0. The fourth-order valence-corrected chi connectivity index (χ4v) is 4.51. The zero-order valence-electron chi connectivity index (χ0n) is 18.2. The summed E-state index contributed by atoms with van der Waals surface area (Å²) in [5, 5.41) is 2.00. The summed E-state index contributed by atoms with van der Waals surface area (Å²) >= 11 is 0. The molecule has 166 valence electrons. The molecule has 2 heterocycles. The predicted octanol–water partition coefficient (Wildman–Crippen LogP) is 5.37. The Hall–Kier alpha value is -4.58. The summed E-state index contributed by atoms with van der Waals surface area (Å²) in [5.74, 6) is 1.35. The molecule has 0 fully saturated rings. The smallest absolute Gasteiger partial charge is 0.260 e. The number of nitrogens with zero attached hydrogens (tertiary/aromatic N) is 1. The van der Waals surface area contributed by atoms with Crippen molar-refractivity contribution in [3.8, 4) is 17.4 Å². The van der Waals surface area contributed by atoms with Gasteiger partial charge >= 0.3 is 0 Å². The second-order valence-corrected chi connectivity index (χ2v) is 8.25. The van der Waals surface area contributed by atoms with Crippen molar-refractivity contribution in [3.63, 3.8) is 0 Å². The Bertz CT molecular complexity index is 1560. The molecule has 4 aromatic carbocycles. The van der Waals surface area contributed by atoms with Crippen molar-refractivity contribution in [2.45, 2.75) is 12.5 Å². The van der Waals surface area contributed by atoms with E-state index in [4.69, 9.17) is 15.2 Å². The van der Waals surface area contributed by atoms with E-state index in [1.807, 2.05) is 91.0 Å². The minimum Gasteiger partial charge on any atom is -0.489 e. The second kappa shape index (κ2) is 8.08. The van der Waals surface area contributed by atoms with Gasteiger partial charge < -0.3 is 15.2 Å². The molecule has 0 spiro atoms. The molecule has 0 aliphatic carbocycles. The molecule has 1 aliphatic heterocycles. The highest BCUT2D eigenvalue weighted by Crippen LogP contribution is 2.48. The van der Waals surface area contributed by atoms with Crippen molar-refractivity contribution in [3.05, 3.63) is 124 Å². The van der Waals surface area contributed by atoms with Gasteiger partial charge in [-0.25, -0.2) is 0 Å². The van der Waals surface area contributed by atoms with E-state index in [9.17, 15) is 4.79 Å². The first-order valence-electron chi connectivity index (χ1n) is 11.0. The fourth-order valence-electron chi connectivity index (χ4n) is 4.51. The molecule has 6 rings (SSSR count). The number of aromatic amines is 1. The van der Waals surface area contributed by atoms with Crippen LogP contribution >= 0.6 is 0 Å². The lowest BCUT2D eigenvalue weighted by molar-refractivity contribution is 0.306. The van der Waals surface area contributed by atoms with Crippen LogP contribution in [0.2, 0.25) is 0 Å². The van der Waals surface area contributed by atoms with Gasteiger partial charge in [0, 0.05) is 16.9 Å². The normalized spacial score (nSPS) is 14.2. The molecule has 5 aromatic rings. The zero-order chi connectivity index (χ0) is 23.1. The van der Waals surface area contributed by atoms with Gasteiger partial charge in [0.2, 0.25) is 11.8 Å². The summed E-state index contributed by atoms with van der Waals surface area (Å²) in [6, 6.07) is 29.9. The average Bonchev–Trinajstić information content (AvgIpc) is 2.87. The summed E-state index contributed by atoms with van der Waals surface area (Å²) in [6.45, 7) is 0.484. The highest BCUT2D eigenvalue weighted by atomic mass is 16.5. The number of aromatic nitrogens is 2. The molecule has 6 heteroatoms. The number of anilines is 1. The number of nitrogens with one attached hydrogen (secondary N) is 1. The number of hydrogen-bond donors (Lipinski definition) is 2. The summed E-state index contributed by atoms with van der Waals surface area (Å²) < 4.78 is 12.1. The average molecular weight is 447 g/mol. The number of hydrogen-bond acceptors (Lipinski definition) is 5. The Morgan fingerprint density at radius 1 is 0.912 bits per heavy atom. The predicted molar refractivity (Wildman–Crippen MR) is 131 cm³/mol. The second-order valence-electron chi connectivity index (χ2n) is 8.25. The van der Waals surface area contributed by atoms with E-state index in [2.05, 4.69) is 9.97 Å². The van der Waals surface area contributed by atoms with Crippen molar-refractivity contribution >= 4 is 16.7 Å². The van der Waals surface area contributed by atoms with E-state index in [-0.39, 0.29) is 23.3 Å². The van der Waals surface area contributed by atoms with E-state index in [0.717, 1.165) is 33.2 Å². The molecule has 1 aromatic heterocycles. The minimum atomic E-state index is -0.358. The van der Waals surface area contributed by atoms with Crippen LogP contribution in [-0.2, 0) is 6.61 Å². The van der Waals surface area contributed by atoms with Gasteiger partial charge in [-0.15, -0.1) is 0 Å². The van der Waals surface area contributed by atoms with Gasteiger partial charge in [-0.3, -0.25) is 9.78 Å².